The number of urea groups is 1. The van der Waals surface area contributed by atoms with E-state index in [1.165, 1.54) is 18.2 Å². The Kier molecular flexibility index (Phi) is 6.42. The topological polar surface area (TPSA) is 96.8 Å². The van der Waals surface area contributed by atoms with E-state index in [0.717, 1.165) is 17.5 Å². The lowest BCUT2D eigenvalue weighted by Crippen LogP contribution is -2.33. The van der Waals surface area contributed by atoms with Gasteiger partial charge in [0.05, 0.1) is 16.9 Å². The van der Waals surface area contributed by atoms with Crippen LogP contribution in [0.25, 0.3) is 5.82 Å². The van der Waals surface area contributed by atoms with Crippen molar-refractivity contribution in [2.75, 3.05) is 23.7 Å². The Balaban J connectivity index is 1.56. The third kappa shape index (κ3) is 5.71. The average Bonchev–Trinajstić information content (AvgIpc) is 3.02. The number of carbonyl (C=O) groups is 1. The van der Waals surface area contributed by atoms with Gasteiger partial charge in [0, 0.05) is 24.8 Å². The summed E-state index contributed by atoms with van der Waals surface area (Å²) >= 11 is 0. The molecule has 0 bridgehead atoms. The van der Waals surface area contributed by atoms with Crippen molar-refractivity contribution in [2.24, 2.45) is 0 Å². The van der Waals surface area contributed by atoms with Crippen LogP contribution in [0.15, 0.2) is 36.4 Å². The summed E-state index contributed by atoms with van der Waals surface area (Å²) < 4.78 is 40.7. The van der Waals surface area contributed by atoms with Crippen LogP contribution in [0.4, 0.5) is 29.5 Å². The molecule has 0 aliphatic rings. The molecule has 164 valence electrons. The monoisotopic (exact) mass is 433 g/mol. The van der Waals surface area contributed by atoms with Crippen molar-refractivity contribution >= 4 is 17.5 Å². The number of aromatic nitrogens is 4. The number of rotatable bonds is 6. The first-order chi connectivity index (χ1) is 14.6. The van der Waals surface area contributed by atoms with Gasteiger partial charge in [-0.3, -0.25) is 0 Å². The molecule has 2 amide bonds. The van der Waals surface area contributed by atoms with Gasteiger partial charge < -0.3 is 16.0 Å². The van der Waals surface area contributed by atoms with Crippen molar-refractivity contribution in [3.8, 4) is 5.82 Å². The molecule has 0 radical (unpaired) electrons. The van der Waals surface area contributed by atoms with Crippen LogP contribution in [-0.2, 0) is 6.18 Å². The molecule has 0 spiro atoms. The van der Waals surface area contributed by atoms with Crippen LogP contribution in [0.3, 0.4) is 0 Å². The summed E-state index contributed by atoms with van der Waals surface area (Å²) in [5.74, 6) is 1.69. The van der Waals surface area contributed by atoms with Crippen LogP contribution < -0.4 is 16.0 Å². The molecule has 2 heterocycles. The fourth-order valence-corrected chi connectivity index (χ4v) is 2.98. The zero-order valence-corrected chi connectivity index (χ0v) is 17.2. The fraction of sp³-hybridized carbons (Fsp3) is 0.300. The van der Waals surface area contributed by atoms with Crippen LogP contribution in [0.1, 0.15) is 22.8 Å². The molecule has 8 nitrogen and oxygen atoms in total. The maximum atomic E-state index is 13.0. The molecule has 3 aromatic rings. The summed E-state index contributed by atoms with van der Waals surface area (Å²) in [5.41, 5.74) is 0.586. The number of benzene rings is 1. The molecule has 2 aromatic heterocycles. The second kappa shape index (κ2) is 9.02. The van der Waals surface area contributed by atoms with Crippen molar-refractivity contribution in [1.29, 1.82) is 0 Å². The van der Waals surface area contributed by atoms with E-state index in [9.17, 15) is 18.0 Å². The Labute approximate surface area is 176 Å². The number of nitrogens with one attached hydrogen (secondary N) is 3. The first-order valence-corrected chi connectivity index (χ1v) is 9.48. The summed E-state index contributed by atoms with van der Waals surface area (Å²) in [6.07, 6.45) is -4.56. The maximum absolute atomic E-state index is 13.0. The van der Waals surface area contributed by atoms with Crippen molar-refractivity contribution in [3.63, 3.8) is 0 Å². The molecule has 0 atom stereocenters. The molecule has 0 aliphatic carbocycles. The van der Waals surface area contributed by atoms with Crippen molar-refractivity contribution in [1.82, 2.24) is 25.1 Å². The molecule has 1 aromatic carbocycles. The average molecular weight is 433 g/mol. The molecule has 31 heavy (non-hydrogen) atoms. The quantitative estimate of drug-likeness (QED) is 0.514. The highest BCUT2D eigenvalue weighted by molar-refractivity contribution is 5.90. The second-order valence-corrected chi connectivity index (χ2v) is 6.85. The number of carbonyl (C=O) groups excluding carboxylic acids is 1. The number of aryl methyl sites for hydroxylation is 3. The van der Waals surface area contributed by atoms with Crippen molar-refractivity contribution < 1.29 is 18.0 Å². The van der Waals surface area contributed by atoms with Crippen molar-refractivity contribution in [3.05, 3.63) is 59.2 Å². The molecule has 11 heteroatoms. The Morgan fingerprint density at radius 1 is 1.06 bits per heavy atom. The maximum Gasteiger partial charge on any atom is 0.418 e. The molecular weight excluding hydrogens is 411 g/mol. The van der Waals surface area contributed by atoms with E-state index >= 15 is 0 Å². The highest BCUT2D eigenvalue weighted by Gasteiger charge is 2.33. The highest BCUT2D eigenvalue weighted by atomic mass is 19.4. The van der Waals surface area contributed by atoms with E-state index in [-0.39, 0.29) is 12.2 Å². The van der Waals surface area contributed by atoms with Gasteiger partial charge in [-0.2, -0.15) is 18.3 Å². The first-order valence-electron chi connectivity index (χ1n) is 9.48. The largest absolute Gasteiger partial charge is 0.418 e. The molecule has 0 aliphatic heterocycles. The van der Waals surface area contributed by atoms with Gasteiger partial charge in [-0.15, -0.1) is 0 Å². The predicted molar refractivity (Wildman–Crippen MR) is 110 cm³/mol. The minimum absolute atomic E-state index is 0.165. The summed E-state index contributed by atoms with van der Waals surface area (Å²) in [4.78, 5) is 20.7. The van der Waals surface area contributed by atoms with Crippen LogP contribution in [0.5, 0.6) is 0 Å². The number of hydrogen-bond acceptors (Lipinski definition) is 5. The van der Waals surface area contributed by atoms with E-state index < -0.39 is 17.8 Å². The number of para-hydroxylation sites is 1. The van der Waals surface area contributed by atoms with E-state index in [1.807, 2.05) is 19.9 Å². The summed E-state index contributed by atoms with van der Waals surface area (Å²) in [5, 5.41) is 12.2. The lowest BCUT2D eigenvalue weighted by molar-refractivity contribution is -0.136. The number of amides is 2. The zero-order chi connectivity index (χ0) is 22.6. The lowest BCUT2D eigenvalue weighted by Gasteiger charge is -2.14. The number of nitrogens with zero attached hydrogens (tertiary/aromatic N) is 4. The SMILES string of the molecule is Cc1cc(C)n(-c2cc(NCCNC(=O)Nc3ccccc3C(F)(F)F)nc(C)n2)n1. The fourth-order valence-electron chi connectivity index (χ4n) is 2.98. The third-order valence-corrected chi connectivity index (χ3v) is 4.25. The van der Waals surface area contributed by atoms with Gasteiger partial charge in [-0.1, -0.05) is 12.1 Å². The van der Waals surface area contributed by atoms with Gasteiger partial charge in [0.1, 0.15) is 11.6 Å². The van der Waals surface area contributed by atoms with E-state index in [0.29, 0.717) is 24.0 Å². The van der Waals surface area contributed by atoms with Crippen molar-refractivity contribution in [2.45, 2.75) is 26.9 Å². The standard InChI is InChI=1S/C20H22F3N7O/c1-12-10-13(2)30(29-12)18-11-17(26-14(3)27-18)24-8-9-25-19(31)28-16-7-5-4-6-15(16)20(21,22)23/h4-7,10-11H,8-9H2,1-3H3,(H,24,26,27)(H2,25,28,31). The smallest absolute Gasteiger partial charge is 0.368 e. The zero-order valence-electron chi connectivity index (χ0n) is 17.2. The number of anilines is 2. The number of halogens is 3. The minimum Gasteiger partial charge on any atom is -0.368 e. The van der Waals surface area contributed by atoms with Gasteiger partial charge in [0.2, 0.25) is 0 Å². The van der Waals surface area contributed by atoms with Gasteiger partial charge >= 0.3 is 12.2 Å². The summed E-state index contributed by atoms with van der Waals surface area (Å²) in [7, 11) is 0. The molecule has 0 saturated heterocycles. The molecule has 3 N–H and O–H groups in total. The van der Waals surface area contributed by atoms with Crippen LogP contribution in [0.2, 0.25) is 0 Å². The number of alkyl halides is 3. The Bertz CT molecular complexity index is 1080. The number of hydrogen-bond donors (Lipinski definition) is 3. The van der Waals surface area contributed by atoms with E-state index in [1.54, 1.807) is 17.7 Å². The lowest BCUT2D eigenvalue weighted by atomic mass is 10.1. The van der Waals surface area contributed by atoms with E-state index in [2.05, 4.69) is 31.0 Å². The van der Waals surface area contributed by atoms with Crippen LogP contribution in [-0.4, -0.2) is 38.9 Å². The first kappa shape index (κ1) is 22.1. The highest BCUT2D eigenvalue weighted by Crippen LogP contribution is 2.34. The molecule has 3 rings (SSSR count). The Morgan fingerprint density at radius 2 is 1.81 bits per heavy atom. The predicted octanol–water partition coefficient (Wildman–Crippen LogP) is 3.84. The second-order valence-electron chi connectivity index (χ2n) is 6.85. The third-order valence-electron chi connectivity index (χ3n) is 4.25. The van der Waals surface area contributed by atoms with E-state index in [4.69, 9.17) is 0 Å². The van der Waals surface area contributed by atoms with Gasteiger partial charge in [-0.25, -0.2) is 19.4 Å². The minimum atomic E-state index is -4.56. The Morgan fingerprint density at radius 3 is 2.48 bits per heavy atom. The van der Waals surface area contributed by atoms with Crippen LogP contribution in [0, 0.1) is 20.8 Å². The normalized spacial score (nSPS) is 11.3. The molecule has 0 fully saturated rings. The molecule has 0 unspecified atom stereocenters. The Hall–Kier alpha value is -3.63. The summed E-state index contributed by atoms with van der Waals surface area (Å²) in [6.45, 7) is 6.04. The molecule has 0 saturated carbocycles. The van der Waals surface area contributed by atoms with Gasteiger partial charge in [0.25, 0.3) is 0 Å². The molecular formula is C20H22F3N7O. The van der Waals surface area contributed by atoms with Gasteiger partial charge in [-0.05, 0) is 39.0 Å². The van der Waals surface area contributed by atoms with Gasteiger partial charge in [0.15, 0.2) is 5.82 Å². The van der Waals surface area contributed by atoms with Crippen LogP contribution >= 0.6 is 0 Å². The summed E-state index contributed by atoms with van der Waals surface area (Å²) in [6, 6.07) is 7.72.